The Labute approximate surface area is 225 Å². The molecule has 0 radical (unpaired) electrons. The highest BCUT2D eigenvalue weighted by Gasteiger charge is 2.34. The third-order valence-electron chi connectivity index (χ3n) is 6.81. The number of nitrogens with zero attached hydrogens (tertiary/aromatic N) is 5. The molecular weight excluding hydrogens is 511 g/mol. The van der Waals surface area contributed by atoms with Crippen molar-refractivity contribution in [3.63, 3.8) is 0 Å². The predicted octanol–water partition coefficient (Wildman–Crippen LogP) is 4.91. The number of nitrogens with one attached hydrogen (secondary N) is 2. The summed E-state index contributed by atoms with van der Waals surface area (Å²) in [6.45, 7) is 5.01. The molecule has 0 saturated carbocycles. The highest BCUT2D eigenvalue weighted by atomic mass is 32.1. The SMILES string of the molecule is FC(F)(F)c1cc(N2CCN(c3ccccc3)CC2)nc(NC(=S)NCc2ccc(N3CCCC3)cc2)n1. The number of piperazine rings is 1. The Balaban J connectivity index is 1.22. The van der Waals surface area contributed by atoms with Crippen LogP contribution in [0.2, 0.25) is 0 Å². The van der Waals surface area contributed by atoms with E-state index in [4.69, 9.17) is 12.2 Å². The molecule has 200 valence electrons. The molecule has 3 heterocycles. The summed E-state index contributed by atoms with van der Waals surface area (Å²) in [7, 11) is 0. The van der Waals surface area contributed by atoms with Crippen LogP contribution in [-0.4, -0.2) is 54.3 Å². The van der Waals surface area contributed by atoms with Crippen molar-refractivity contribution in [2.24, 2.45) is 0 Å². The second kappa shape index (κ2) is 11.4. The fourth-order valence-electron chi connectivity index (χ4n) is 4.76. The third-order valence-corrected chi connectivity index (χ3v) is 7.06. The Hall–Kier alpha value is -3.60. The maximum absolute atomic E-state index is 13.7. The number of anilines is 4. The van der Waals surface area contributed by atoms with E-state index in [-0.39, 0.29) is 16.9 Å². The first kappa shape index (κ1) is 26.0. The number of hydrogen-bond acceptors (Lipinski definition) is 6. The lowest BCUT2D eigenvalue weighted by molar-refractivity contribution is -0.141. The molecule has 7 nitrogen and oxygen atoms in total. The summed E-state index contributed by atoms with van der Waals surface area (Å²) >= 11 is 5.34. The second-order valence-electron chi connectivity index (χ2n) is 9.41. The number of hydrogen-bond donors (Lipinski definition) is 2. The standard InChI is InChI=1S/C27H30F3N7S/c28-27(29,30)23-18-24(37-16-14-36(15-17-37)21-6-2-1-3-7-21)33-25(32-23)34-26(38)31-19-20-8-10-22(11-9-20)35-12-4-5-13-35/h1-3,6-11,18H,4-5,12-17,19H2,(H2,31,32,33,34,38). The Morgan fingerprint density at radius 1 is 0.789 bits per heavy atom. The van der Waals surface area contributed by atoms with Gasteiger partial charge in [-0.25, -0.2) is 4.98 Å². The van der Waals surface area contributed by atoms with Crippen LogP contribution >= 0.6 is 12.2 Å². The molecule has 2 saturated heterocycles. The highest BCUT2D eigenvalue weighted by molar-refractivity contribution is 7.80. The average molecular weight is 542 g/mol. The third kappa shape index (κ3) is 6.45. The largest absolute Gasteiger partial charge is 0.433 e. The Morgan fingerprint density at radius 3 is 2.05 bits per heavy atom. The van der Waals surface area contributed by atoms with Crippen LogP contribution in [0.1, 0.15) is 24.1 Å². The van der Waals surface area contributed by atoms with Crippen LogP contribution in [0, 0.1) is 0 Å². The Kier molecular flexibility index (Phi) is 7.82. The van der Waals surface area contributed by atoms with Gasteiger partial charge in [0.15, 0.2) is 10.8 Å². The number of benzene rings is 2. The second-order valence-corrected chi connectivity index (χ2v) is 9.82. The van der Waals surface area contributed by atoms with Crippen molar-refractivity contribution in [1.29, 1.82) is 0 Å². The number of rotatable bonds is 6. The fourth-order valence-corrected chi connectivity index (χ4v) is 4.92. The zero-order valence-corrected chi connectivity index (χ0v) is 21.7. The average Bonchev–Trinajstić information content (AvgIpc) is 3.47. The van der Waals surface area contributed by atoms with Gasteiger partial charge in [-0.05, 0) is 54.9 Å². The van der Waals surface area contributed by atoms with Crippen LogP contribution in [0.5, 0.6) is 0 Å². The molecule has 0 bridgehead atoms. The molecule has 38 heavy (non-hydrogen) atoms. The van der Waals surface area contributed by atoms with Crippen molar-refractivity contribution in [2.75, 3.05) is 59.3 Å². The molecule has 2 aromatic carbocycles. The van der Waals surface area contributed by atoms with Crippen LogP contribution in [0.4, 0.5) is 36.3 Å². The molecule has 0 atom stereocenters. The number of para-hydroxylation sites is 1. The van der Waals surface area contributed by atoms with Crippen LogP contribution in [0.15, 0.2) is 60.7 Å². The van der Waals surface area contributed by atoms with Gasteiger partial charge in [0.2, 0.25) is 5.95 Å². The first-order valence-corrected chi connectivity index (χ1v) is 13.2. The molecule has 1 aromatic heterocycles. The molecule has 2 N–H and O–H groups in total. The van der Waals surface area contributed by atoms with Crippen LogP contribution < -0.4 is 25.3 Å². The fraction of sp³-hybridized carbons (Fsp3) is 0.370. The predicted molar refractivity (Wildman–Crippen MR) is 149 cm³/mol. The zero-order chi connectivity index (χ0) is 26.5. The van der Waals surface area contributed by atoms with Gasteiger partial charge in [0.05, 0.1) is 0 Å². The van der Waals surface area contributed by atoms with Crippen LogP contribution in [0.25, 0.3) is 0 Å². The zero-order valence-electron chi connectivity index (χ0n) is 20.9. The lowest BCUT2D eigenvalue weighted by Gasteiger charge is -2.37. The molecule has 2 aliphatic heterocycles. The molecule has 2 fully saturated rings. The first-order chi connectivity index (χ1) is 18.3. The van der Waals surface area contributed by atoms with Crippen molar-refractivity contribution in [3.05, 3.63) is 71.9 Å². The van der Waals surface area contributed by atoms with Gasteiger partial charge in [-0.1, -0.05) is 30.3 Å². The molecule has 0 spiro atoms. The summed E-state index contributed by atoms with van der Waals surface area (Å²) in [5.41, 5.74) is 2.30. The number of halogens is 3. The molecule has 0 aliphatic carbocycles. The topological polar surface area (TPSA) is 59.6 Å². The van der Waals surface area contributed by atoms with Gasteiger partial charge in [0.25, 0.3) is 0 Å². The van der Waals surface area contributed by atoms with Gasteiger partial charge >= 0.3 is 6.18 Å². The van der Waals surface area contributed by atoms with E-state index in [1.54, 1.807) is 0 Å². The minimum absolute atomic E-state index is 0.160. The highest BCUT2D eigenvalue weighted by Crippen LogP contribution is 2.31. The van der Waals surface area contributed by atoms with Gasteiger partial charge in [0.1, 0.15) is 5.82 Å². The molecule has 5 rings (SSSR count). The van der Waals surface area contributed by atoms with Crippen LogP contribution in [-0.2, 0) is 12.7 Å². The van der Waals surface area contributed by atoms with E-state index in [2.05, 4.69) is 42.5 Å². The van der Waals surface area contributed by atoms with E-state index in [1.165, 1.54) is 18.5 Å². The molecule has 2 aliphatic rings. The summed E-state index contributed by atoms with van der Waals surface area (Å²) in [5.74, 6) is 0.0463. The number of alkyl halides is 3. The van der Waals surface area contributed by atoms with Crippen molar-refractivity contribution >= 4 is 40.5 Å². The Bertz CT molecular complexity index is 1220. The molecule has 3 aromatic rings. The normalized spacial score (nSPS) is 16.0. The number of thiocarbonyl (C=S) groups is 1. The monoisotopic (exact) mass is 541 g/mol. The van der Waals surface area contributed by atoms with Gasteiger partial charge in [-0.15, -0.1) is 0 Å². The van der Waals surface area contributed by atoms with Crippen molar-refractivity contribution in [2.45, 2.75) is 25.6 Å². The summed E-state index contributed by atoms with van der Waals surface area (Å²) < 4.78 is 41.0. The van der Waals surface area contributed by atoms with Crippen molar-refractivity contribution < 1.29 is 13.2 Å². The van der Waals surface area contributed by atoms with E-state index in [0.29, 0.717) is 32.7 Å². The maximum Gasteiger partial charge on any atom is 0.433 e. The molecule has 0 amide bonds. The summed E-state index contributed by atoms with van der Waals surface area (Å²) in [6.07, 6.45) is -2.18. The smallest absolute Gasteiger partial charge is 0.372 e. The van der Waals surface area contributed by atoms with Crippen molar-refractivity contribution in [1.82, 2.24) is 15.3 Å². The molecule has 0 unspecified atom stereocenters. The van der Waals surface area contributed by atoms with E-state index in [0.717, 1.165) is 30.4 Å². The van der Waals surface area contributed by atoms with Gasteiger partial charge in [0, 0.05) is 63.3 Å². The van der Waals surface area contributed by atoms with E-state index in [9.17, 15) is 13.2 Å². The van der Waals surface area contributed by atoms with E-state index >= 15 is 0 Å². The van der Waals surface area contributed by atoms with Gasteiger partial charge in [-0.2, -0.15) is 18.2 Å². The summed E-state index contributed by atoms with van der Waals surface area (Å²) in [6, 6.07) is 19.2. The molecule has 11 heteroatoms. The number of aromatic nitrogens is 2. The van der Waals surface area contributed by atoms with Crippen molar-refractivity contribution in [3.8, 4) is 0 Å². The lowest BCUT2D eigenvalue weighted by Crippen LogP contribution is -2.47. The maximum atomic E-state index is 13.7. The minimum Gasteiger partial charge on any atom is -0.372 e. The van der Waals surface area contributed by atoms with E-state index < -0.39 is 11.9 Å². The first-order valence-electron chi connectivity index (χ1n) is 12.8. The summed E-state index contributed by atoms with van der Waals surface area (Å²) in [5, 5.41) is 5.95. The minimum atomic E-state index is -4.61. The lowest BCUT2D eigenvalue weighted by atomic mass is 10.2. The van der Waals surface area contributed by atoms with Crippen LogP contribution in [0.3, 0.4) is 0 Å². The van der Waals surface area contributed by atoms with Gasteiger partial charge < -0.3 is 25.3 Å². The quantitative estimate of drug-likeness (QED) is 0.427. The Morgan fingerprint density at radius 2 is 1.39 bits per heavy atom. The van der Waals surface area contributed by atoms with E-state index in [1.807, 2.05) is 47.4 Å². The molecular formula is C27H30F3N7S. The van der Waals surface area contributed by atoms with Gasteiger partial charge in [-0.3, -0.25) is 0 Å². The summed E-state index contributed by atoms with van der Waals surface area (Å²) in [4.78, 5) is 14.5.